The van der Waals surface area contributed by atoms with Crippen LogP contribution in [0.3, 0.4) is 0 Å². The Morgan fingerprint density at radius 3 is 3.00 bits per heavy atom. The summed E-state index contributed by atoms with van der Waals surface area (Å²) < 4.78 is 1.45. The normalized spacial score (nSPS) is 25.5. The Hall–Kier alpha value is -1.07. The van der Waals surface area contributed by atoms with Gasteiger partial charge in [-0.15, -0.1) is 0 Å². The number of fused-ring (bicyclic) bond motifs is 1. The zero-order valence-corrected chi connectivity index (χ0v) is 13.4. The zero-order chi connectivity index (χ0) is 15.0. The Balaban J connectivity index is 1.77. The van der Waals surface area contributed by atoms with E-state index in [0.29, 0.717) is 30.2 Å². The molecule has 1 aromatic rings. The van der Waals surface area contributed by atoms with Gasteiger partial charge in [-0.2, -0.15) is 5.10 Å². The van der Waals surface area contributed by atoms with Crippen molar-refractivity contribution in [1.29, 1.82) is 0 Å². The van der Waals surface area contributed by atoms with Gasteiger partial charge >= 0.3 is 0 Å². The van der Waals surface area contributed by atoms with E-state index in [9.17, 15) is 4.79 Å². The second-order valence-corrected chi connectivity index (χ2v) is 6.92. The minimum Gasteiger partial charge on any atom is -0.378 e. The highest BCUT2D eigenvalue weighted by Gasteiger charge is 2.37. The first-order chi connectivity index (χ1) is 10.1. The Labute approximate surface area is 130 Å². The molecule has 0 bridgehead atoms. The van der Waals surface area contributed by atoms with Crippen LogP contribution in [0, 0.1) is 5.92 Å². The molecule has 2 saturated heterocycles. The summed E-state index contributed by atoms with van der Waals surface area (Å²) in [7, 11) is 0. The third-order valence-corrected chi connectivity index (χ3v) is 4.84. The second kappa shape index (κ2) is 5.97. The Morgan fingerprint density at radius 2 is 2.24 bits per heavy atom. The van der Waals surface area contributed by atoms with E-state index in [1.165, 1.54) is 24.1 Å². The molecule has 0 amide bonds. The average molecular weight is 311 g/mol. The molecule has 0 spiro atoms. The maximum absolute atomic E-state index is 12.2. The molecule has 21 heavy (non-hydrogen) atoms. The van der Waals surface area contributed by atoms with Crippen LogP contribution < -0.4 is 10.9 Å². The summed E-state index contributed by atoms with van der Waals surface area (Å²) in [6.45, 7) is 7.05. The molecule has 2 unspecified atom stereocenters. The van der Waals surface area contributed by atoms with Crippen LogP contribution in [0.2, 0.25) is 5.02 Å². The van der Waals surface area contributed by atoms with Crippen LogP contribution in [0.1, 0.15) is 33.1 Å². The van der Waals surface area contributed by atoms with E-state index in [0.717, 1.165) is 13.0 Å². The third kappa shape index (κ3) is 2.94. The van der Waals surface area contributed by atoms with Gasteiger partial charge in [0, 0.05) is 25.2 Å². The topological polar surface area (TPSA) is 50.2 Å². The lowest BCUT2D eigenvalue weighted by Crippen LogP contribution is -2.35. The molecule has 3 heterocycles. The van der Waals surface area contributed by atoms with Crippen molar-refractivity contribution in [2.45, 2.75) is 51.7 Å². The lowest BCUT2D eigenvalue weighted by atomic mass is 10.1. The molecule has 2 aliphatic heterocycles. The number of halogens is 1. The Bertz CT molecular complexity index is 571. The van der Waals surface area contributed by atoms with Gasteiger partial charge in [0.1, 0.15) is 5.02 Å². The number of anilines is 1. The Morgan fingerprint density at radius 1 is 1.43 bits per heavy atom. The van der Waals surface area contributed by atoms with E-state index in [1.807, 2.05) is 0 Å². The zero-order valence-electron chi connectivity index (χ0n) is 12.7. The van der Waals surface area contributed by atoms with Crippen molar-refractivity contribution in [3.63, 3.8) is 0 Å². The van der Waals surface area contributed by atoms with Gasteiger partial charge in [0.2, 0.25) is 0 Å². The summed E-state index contributed by atoms with van der Waals surface area (Å²) in [5, 5.41) is 7.97. The molecule has 5 nitrogen and oxygen atoms in total. The number of aromatic nitrogens is 2. The second-order valence-electron chi connectivity index (χ2n) is 6.54. The van der Waals surface area contributed by atoms with Crippen LogP contribution >= 0.6 is 11.6 Å². The lowest BCUT2D eigenvalue weighted by molar-refractivity contribution is 0.318. The number of hydrogen-bond acceptors (Lipinski definition) is 4. The van der Waals surface area contributed by atoms with Crippen molar-refractivity contribution in [3.8, 4) is 0 Å². The summed E-state index contributed by atoms with van der Waals surface area (Å²) in [6.07, 6.45) is 5.30. The van der Waals surface area contributed by atoms with Crippen molar-refractivity contribution < 1.29 is 0 Å². The van der Waals surface area contributed by atoms with Crippen LogP contribution in [0.25, 0.3) is 0 Å². The molecule has 0 saturated carbocycles. The van der Waals surface area contributed by atoms with Crippen LogP contribution in [0.4, 0.5) is 5.69 Å². The number of rotatable bonds is 4. The molecule has 0 radical (unpaired) electrons. The SMILES string of the molecule is CC(C)Cn1ncc(NC2CCN3CCCC23)c(Cl)c1=O. The summed E-state index contributed by atoms with van der Waals surface area (Å²) in [6, 6.07) is 0.964. The third-order valence-electron chi connectivity index (χ3n) is 4.47. The van der Waals surface area contributed by atoms with Crippen LogP contribution in [0.5, 0.6) is 0 Å². The molecule has 2 aliphatic rings. The van der Waals surface area contributed by atoms with Gasteiger partial charge in [0.05, 0.1) is 11.9 Å². The number of nitrogens with one attached hydrogen (secondary N) is 1. The molecular formula is C15H23ClN4O. The smallest absolute Gasteiger partial charge is 0.287 e. The van der Waals surface area contributed by atoms with Crippen LogP contribution in [0.15, 0.2) is 11.0 Å². The van der Waals surface area contributed by atoms with E-state index in [-0.39, 0.29) is 10.6 Å². The van der Waals surface area contributed by atoms with Crippen molar-refractivity contribution in [1.82, 2.24) is 14.7 Å². The van der Waals surface area contributed by atoms with Crippen molar-refractivity contribution in [2.75, 3.05) is 18.4 Å². The summed E-state index contributed by atoms with van der Waals surface area (Å²) >= 11 is 6.25. The predicted molar refractivity (Wildman–Crippen MR) is 85.0 cm³/mol. The highest BCUT2D eigenvalue weighted by molar-refractivity contribution is 6.32. The summed E-state index contributed by atoms with van der Waals surface area (Å²) in [5.41, 5.74) is 0.483. The fourth-order valence-electron chi connectivity index (χ4n) is 3.49. The molecule has 6 heteroatoms. The minimum atomic E-state index is -0.198. The van der Waals surface area contributed by atoms with Crippen molar-refractivity contribution in [2.24, 2.45) is 5.92 Å². The van der Waals surface area contributed by atoms with Crippen molar-refractivity contribution >= 4 is 17.3 Å². The highest BCUT2D eigenvalue weighted by atomic mass is 35.5. The van der Waals surface area contributed by atoms with Crippen molar-refractivity contribution in [3.05, 3.63) is 21.6 Å². The predicted octanol–water partition coefficient (Wildman–Crippen LogP) is 2.20. The summed E-state index contributed by atoms with van der Waals surface area (Å²) in [5.74, 6) is 0.368. The van der Waals surface area contributed by atoms with Gasteiger partial charge in [0.25, 0.3) is 5.56 Å². The monoisotopic (exact) mass is 310 g/mol. The van der Waals surface area contributed by atoms with E-state index in [4.69, 9.17) is 11.6 Å². The van der Waals surface area contributed by atoms with E-state index < -0.39 is 0 Å². The molecule has 2 atom stereocenters. The first-order valence-electron chi connectivity index (χ1n) is 7.82. The fraction of sp³-hybridized carbons (Fsp3) is 0.733. The maximum Gasteiger partial charge on any atom is 0.287 e. The minimum absolute atomic E-state index is 0.198. The first kappa shape index (κ1) is 14.9. The van der Waals surface area contributed by atoms with E-state index in [1.54, 1.807) is 6.20 Å². The molecule has 2 fully saturated rings. The molecule has 0 aliphatic carbocycles. The van der Waals surface area contributed by atoms with Gasteiger partial charge in [-0.05, 0) is 31.7 Å². The molecule has 116 valence electrons. The highest BCUT2D eigenvalue weighted by Crippen LogP contribution is 2.31. The molecule has 3 rings (SSSR count). The molecule has 0 aromatic carbocycles. The van der Waals surface area contributed by atoms with Gasteiger partial charge in [-0.3, -0.25) is 9.69 Å². The number of hydrogen-bond donors (Lipinski definition) is 1. The van der Waals surface area contributed by atoms with Gasteiger partial charge in [-0.25, -0.2) is 4.68 Å². The van der Waals surface area contributed by atoms with Gasteiger partial charge in [-0.1, -0.05) is 25.4 Å². The number of nitrogens with zero attached hydrogens (tertiary/aromatic N) is 3. The molecule has 1 N–H and O–H groups in total. The maximum atomic E-state index is 12.2. The van der Waals surface area contributed by atoms with Crippen LogP contribution in [-0.2, 0) is 6.54 Å². The largest absolute Gasteiger partial charge is 0.378 e. The summed E-state index contributed by atoms with van der Waals surface area (Å²) in [4.78, 5) is 14.8. The van der Waals surface area contributed by atoms with Crippen LogP contribution in [-0.4, -0.2) is 39.9 Å². The molecule has 1 aromatic heterocycles. The van der Waals surface area contributed by atoms with Gasteiger partial charge in [0.15, 0.2) is 0 Å². The average Bonchev–Trinajstić information content (AvgIpc) is 3.02. The first-order valence-corrected chi connectivity index (χ1v) is 8.20. The van der Waals surface area contributed by atoms with E-state index in [2.05, 4.69) is 29.2 Å². The standard InChI is InChI=1S/C15H23ClN4O/c1-10(2)9-20-15(21)14(16)12(8-17-20)18-11-5-7-19-6-3-4-13(11)19/h8,10-11,13,18H,3-7,9H2,1-2H3. The quantitative estimate of drug-likeness (QED) is 0.926. The lowest BCUT2D eigenvalue weighted by Gasteiger charge is -2.22. The van der Waals surface area contributed by atoms with E-state index >= 15 is 0 Å². The van der Waals surface area contributed by atoms with Gasteiger partial charge < -0.3 is 5.32 Å². The Kier molecular flexibility index (Phi) is 4.22. The fourth-order valence-corrected chi connectivity index (χ4v) is 3.69. The molecular weight excluding hydrogens is 288 g/mol.